The summed E-state index contributed by atoms with van der Waals surface area (Å²) >= 11 is 0. The second-order valence-electron chi connectivity index (χ2n) is 14.5. The van der Waals surface area contributed by atoms with Crippen molar-refractivity contribution in [1.29, 1.82) is 0 Å². The third-order valence-corrected chi connectivity index (χ3v) is 12.9. The summed E-state index contributed by atoms with van der Waals surface area (Å²) in [6.07, 6.45) is 14.7. The Hall–Kier alpha value is -0.770. The van der Waals surface area contributed by atoms with Gasteiger partial charge in [-0.1, -0.05) is 54.4 Å². The standard InChI is InChI=1S/C32H57NO3/c1-7-23(21(2)3)9-8-22(4)27-12-13-28-26-11-10-24-20-25(33(18-19-34)30(35)36)14-16-31(24,5)29(26)15-17-32(27,28)6/h21-29,34H,7-20H2,1-6H3,(H,35,36)/t22-,23-,24?,25+,26?,27-,28?,29?,31+,32-/m1/s1. The van der Waals surface area contributed by atoms with Gasteiger partial charge in [-0.2, -0.15) is 0 Å². The van der Waals surface area contributed by atoms with Crippen LogP contribution in [0.25, 0.3) is 0 Å². The minimum atomic E-state index is -0.857. The largest absolute Gasteiger partial charge is 0.465 e. The first-order valence-corrected chi connectivity index (χ1v) is 15.7. The van der Waals surface area contributed by atoms with E-state index in [4.69, 9.17) is 0 Å². The van der Waals surface area contributed by atoms with Gasteiger partial charge in [-0.05, 0) is 122 Å². The molecule has 36 heavy (non-hydrogen) atoms. The molecule has 4 saturated carbocycles. The monoisotopic (exact) mass is 503 g/mol. The van der Waals surface area contributed by atoms with Crippen LogP contribution in [0, 0.1) is 58.2 Å². The lowest BCUT2D eigenvalue weighted by atomic mass is 9.44. The lowest BCUT2D eigenvalue weighted by Gasteiger charge is -2.62. The maximum atomic E-state index is 11.9. The van der Waals surface area contributed by atoms with E-state index in [1.54, 1.807) is 0 Å². The first kappa shape index (κ1) is 28.2. The van der Waals surface area contributed by atoms with E-state index in [9.17, 15) is 15.0 Å². The van der Waals surface area contributed by atoms with Crippen LogP contribution in [0.15, 0.2) is 0 Å². The summed E-state index contributed by atoms with van der Waals surface area (Å²) in [6.45, 7) is 15.2. The van der Waals surface area contributed by atoms with Crippen LogP contribution in [0.2, 0.25) is 0 Å². The molecule has 10 atom stereocenters. The number of hydrogen-bond donors (Lipinski definition) is 2. The number of aliphatic hydroxyl groups is 1. The minimum Gasteiger partial charge on any atom is -0.465 e. The van der Waals surface area contributed by atoms with Crippen molar-refractivity contribution in [3.8, 4) is 0 Å². The second-order valence-corrected chi connectivity index (χ2v) is 14.5. The van der Waals surface area contributed by atoms with E-state index in [1.807, 2.05) is 0 Å². The molecule has 0 bridgehead atoms. The molecule has 4 aliphatic rings. The van der Waals surface area contributed by atoms with Gasteiger partial charge in [0.1, 0.15) is 0 Å². The van der Waals surface area contributed by atoms with Gasteiger partial charge < -0.3 is 15.1 Å². The van der Waals surface area contributed by atoms with Crippen molar-refractivity contribution in [2.75, 3.05) is 13.2 Å². The molecule has 0 radical (unpaired) electrons. The van der Waals surface area contributed by atoms with Gasteiger partial charge in [0.25, 0.3) is 0 Å². The molecule has 0 saturated heterocycles. The van der Waals surface area contributed by atoms with Crippen LogP contribution in [0.1, 0.15) is 119 Å². The SMILES string of the molecule is CC[C@H](CC[C@@H](C)[C@H]1CCC2C3CCC4C[C@@H](N(CCO)C(=O)O)CC[C@]4(C)C3CC[C@@]21C)C(C)C. The predicted molar refractivity (Wildman–Crippen MR) is 148 cm³/mol. The van der Waals surface area contributed by atoms with E-state index in [2.05, 4.69) is 41.5 Å². The summed E-state index contributed by atoms with van der Waals surface area (Å²) in [5.74, 6) is 6.68. The topological polar surface area (TPSA) is 60.8 Å². The third kappa shape index (κ3) is 4.98. The van der Waals surface area contributed by atoms with E-state index in [-0.39, 0.29) is 19.2 Å². The summed E-state index contributed by atoms with van der Waals surface area (Å²) in [4.78, 5) is 13.4. The Balaban J connectivity index is 1.43. The molecule has 1 amide bonds. The number of nitrogens with zero attached hydrogens (tertiary/aromatic N) is 1. The normalized spacial score (nSPS) is 41.8. The smallest absolute Gasteiger partial charge is 0.407 e. The Morgan fingerprint density at radius 3 is 2.28 bits per heavy atom. The first-order chi connectivity index (χ1) is 17.1. The van der Waals surface area contributed by atoms with Crippen LogP contribution in [0.3, 0.4) is 0 Å². The van der Waals surface area contributed by atoms with E-state index < -0.39 is 6.09 Å². The number of carbonyl (C=O) groups is 1. The lowest BCUT2D eigenvalue weighted by Crippen LogP contribution is -2.56. The highest BCUT2D eigenvalue weighted by atomic mass is 16.4. The van der Waals surface area contributed by atoms with Crippen molar-refractivity contribution >= 4 is 6.09 Å². The molecule has 0 heterocycles. The number of amides is 1. The summed E-state index contributed by atoms with van der Waals surface area (Å²) in [5, 5.41) is 19.1. The number of aliphatic hydroxyl groups excluding tert-OH is 1. The Morgan fingerprint density at radius 2 is 1.64 bits per heavy atom. The number of fused-ring (bicyclic) bond motifs is 5. The average Bonchev–Trinajstić information content (AvgIpc) is 3.19. The predicted octanol–water partition coefficient (Wildman–Crippen LogP) is 8.08. The van der Waals surface area contributed by atoms with Crippen LogP contribution in [-0.4, -0.2) is 40.4 Å². The number of hydrogen-bond acceptors (Lipinski definition) is 2. The van der Waals surface area contributed by atoms with Crippen molar-refractivity contribution in [3.05, 3.63) is 0 Å². The molecule has 0 aromatic heterocycles. The Labute approximate surface area is 222 Å². The van der Waals surface area contributed by atoms with Crippen LogP contribution < -0.4 is 0 Å². The van der Waals surface area contributed by atoms with Gasteiger partial charge in [-0.15, -0.1) is 0 Å². The molecule has 4 unspecified atom stereocenters. The molecule has 4 aliphatic carbocycles. The van der Waals surface area contributed by atoms with Gasteiger partial charge >= 0.3 is 6.09 Å². The van der Waals surface area contributed by atoms with Gasteiger partial charge in [-0.25, -0.2) is 4.79 Å². The van der Waals surface area contributed by atoms with E-state index in [0.717, 1.165) is 60.7 Å². The molecule has 0 aromatic carbocycles. The lowest BCUT2D eigenvalue weighted by molar-refractivity contribution is -0.123. The molecule has 4 nitrogen and oxygen atoms in total. The van der Waals surface area contributed by atoms with Crippen molar-refractivity contribution in [1.82, 2.24) is 4.90 Å². The van der Waals surface area contributed by atoms with Crippen molar-refractivity contribution in [3.63, 3.8) is 0 Å². The third-order valence-electron chi connectivity index (χ3n) is 12.9. The van der Waals surface area contributed by atoms with Crippen LogP contribution in [0.4, 0.5) is 4.79 Å². The first-order valence-electron chi connectivity index (χ1n) is 15.7. The van der Waals surface area contributed by atoms with Gasteiger partial charge in [0, 0.05) is 12.6 Å². The molecule has 0 aromatic rings. The summed E-state index contributed by atoms with van der Waals surface area (Å²) in [6, 6.07) is 0.0904. The second kappa shape index (κ2) is 11.1. The van der Waals surface area contributed by atoms with E-state index in [1.165, 1.54) is 62.7 Å². The van der Waals surface area contributed by atoms with Crippen LogP contribution >= 0.6 is 0 Å². The maximum absolute atomic E-state index is 11.9. The highest BCUT2D eigenvalue weighted by Crippen LogP contribution is 2.68. The van der Waals surface area contributed by atoms with E-state index >= 15 is 0 Å². The molecule has 4 rings (SSSR count). The van der Waals surface area contributed by atoms with Crippen LogP contribution in [-0.2, 0) is 0 Å². The average molecular weight is 504 g/mol. The number of carboxylic acid groups (broad SMARTS) is 1. The fourth-order valence-corrected chi connectivity index (χ4v) is 10.7. The van der Waals surface area contributed by atoms with Crippen molar-refractivity contribution in [2.24, 2.45) is 58.2 Å². The maximum Gasteiger partial charge on any atom is 0.407 e. The summed E-state index contributed by atoms with van der Waals surface area (Å²) in [7, 11) is 0. The van der Waals surface area contributed by atoms with Crippen molar-refractivity contribution in [2.45, 2.75) is 125 Å². The Kier molecular flexibility index (Phi) is 8.75. The molecule has 4 fully saturated rings. The quantitative estimate of drug-likeness (QED) is 0.334. The Morgan fingerprint density at radius 1 is 0.944 bits per heavy atom. The fraction of sp³-hybridized carbons (Fsp3) is 0.969. The van der Waals surface area contributed by atoms with Gasteiger partial charge in [0.15, 0.2) is 0 Å². The Bertz CT molecular complexity index is 754. The molecule has 4 heteroatoms. The molecule has 208 valence electrons. The molecule has 0 aliphatic heterocycles. The van der Waals surface area contributed by atoms with Gasteiger partial charge in [0.05, 0.1) is 6.61 Å². The summed E-state index contributed by atoms with van der Waals surface area (Å²) in [5.41, 5.74) is 0.904. The van der Waals surface area contributed by atoms with Crippen molar-refractivity contribution < 1.29 is 15.0 Å². The zero-order valence-electron chi connectivity index (χ0n) is 24.3. The van der Waals surface area contributed by atoms with E-state index in [0.29, 0.717) is 16.7 Å². The molecule has 2 N–H and O–H groups in total. The highest BCUT2D eigenvalue weighted by molar-refractivity contribution is 5.65. The highest BCUT2D eigenvalue weighted by Gasteiger charge is 2.60. The van der Waals surface area contributed by atoms with Crippen LogP contribution in [0.5, 0.6) is 0 Å². The molecule has 0 spiro atoms. The minimum absolute atomic E-state index is 0.0775. The fourth-order valence-electron chi connectivity index (χ4n) is 10.7. The molecular formula is C32H57NO3. The summed E-state index contributed by atoms with van der Waals surface area (Å²) < 4.78 is 0. The van der Waals surface area contributed by atoms with Gasteiger partial charge in [-0.3, -0.25) is 0 Å². The number of rotatable bonds is 9. The van der Waals surface area contributed by atoms with Gasteiger partial charge in [0.2, 0.25) is 0 Å². The zero-order chi connectivity index (χ0) is 26.3. The zero-order valence-corrected chi connectivity index (χ0v) is 24.3. The molecular weight excluding hydrogens is 446 g/mol.